The largest absolute Gasteiger partial charge is 0.491 e. The van der Waals surface area contributed by atoms with Crippen LogP contribution in [0.25, 0.3) is 0 Å². The van der Waals surface area contributed by atoms with E-state index in [9.17, 15) is 9.59 Å². The maximum absolute atomic E-state index is 12.2. The van der Waals surface area contributed by atoms with E-state index in [1.165, 1.54) is 16.2 Å². The van der Waals surface area contributed by atoms with E-state index >= 15 is 0 Å². The topological polar surface area (TPSA) is 67.9 Å². The maximum Gasteiger partial charge on any atom is 0.264 e. The average molecular weight is 441 g/mol. The van der Waals surface area contributed by atoms with Crippen LogP contribution in [0.3, 0.4) is 0 Å². The van der Waals surface area contributed by atoms with E-state index in [0.29, 0.717) is 24.6 Å². The second-order valence-corrected chi connectivity index (χ2v) is 7.99. The summed E-state index contributed by atoms with van der Waals surface area (Å²) in [6.07, 6.45) is 0. The third-order valence-corrected chi connectivity index (χ3v) is 5.09. The van der Waals surface area contributed by atoms with Gasteiger partial charge in [0.1, 0.15) is 12.4 Å². The number of nitrogens with one attached hydrogen (secondary N) is 1. The molecule has 0 spiro atoms. The number of amides is 2. The van der Waals surface area contributed by atoms with Crippen LogP contribution in [-0.4, -0.2) is 50.6 Å². The van der Waals surface area contributed by atoms with Crippen molar-refractivity contribution >= 4 is 39.1 Å². The van der Waals surface area contributed by atoms with Crippen molar-refractivity contribution in [3.8, 4) is 5.75 Å². The minimum absolute atomic E-state index is 0.00651. The molecule has 8 heteroatoms. The number of carbonyl (C=O) groups is 2. The van der Waals surface area contributed by atoms with Gasteiger partial charge in [-0.15, -0.1) is 11.3 Å². The SMILES string of the molecule is COCCOc1ccc(CNC(=O)CN(C)C(=O)c2ccc(Br)s2)cc1. The molecule has 1 heterocycles. The Bertz CT molecular complexity index is 733. The fraction of sp³-hybridized carbons (Fsp3) is 0.333. The Morgan fingerprint density at radius 3 is 2.50 bits per heavy atom. The summed E-state index contributed by atoms with van der Waals surface area (Å²) < 4.78 is 11.3. The molecule has 0 radical (unpaired) electrons. The number of benzene rings is 1. The number of halogens is 1. The maximum atomic E-state index is 12.2. The lowest BCUT2D eigenvalue weighted by atomic mass is 10.2. The lowest BCUT2D eigenvalue weighted by molar-refractivity contribution is -0.121. The van der Waals surface area contributed by atoms with Crippen molar-refractivity contribution in [1.82, 2.24) is 10.2 Å². The fourth-order valence-corrected chi connectivity index (χ4v) is 3.49. The molecule has 2 aromatic rings. The van der Waals surface area contributed by atoms with Gasteiger partial charge in [-0.1, -0.05) is 12.1 Å². The molecule has 0 saturated carbocycles. The van der Waals surface area contributed by atoms with E-state index in [1.807, 2.05) is 30.3 Å². The number of carbonyl (C=O) groups excluding carboxylic acids is 2. The van der Waals surface area contributed by atoms with Crippen LogP contribution in [0.5, 0.6) is 5.75 Å². The normalized spacial score (nSPS) is 10.4. The van der Waals surface area contributed by atoms with Gasteiger partial charge in [-0.2, -0.15) is 0 Å². The highest BCUT2D eigenvalue weighted by molar-refractivity contribution is 9.11. The number of ether oxygens (including phenoxy) is 2. The molecule has 26 heavy (non-hydrogen) atoms. The van der Waals surface area contributed by atoms with Crippen molar-refractivity contribution in [3.63, 3.8) is 0 Å². The molecule has 1 aromatic carbocycles. The van der Waals surface area contributed by atoms with Crippen molar-refractivity contribution in [2.75, 3.05) is 33.9 Å². The number of likely N-dealkylation sites (N-methyl/N-ethyl adjacent to an activating group) is 1. The third-order valence-electron chi connectivity index (χ3n) is 3.48. The smallest absolute Gasteiger partial charge is 0.264 e. The second kappa shape index (κ2) is 10.3. The Hall–Kier alpha value is -1.90. The number of hydrogen-bond donors (Lipinski definition) is 1. The molecule has 0 unspecified atom stereocenters. The summed E-state index contributed by atoms with van der Waals surface area (Å²) in [5.41, 5.74) is 0.952. The van der Waals surface area contributed by atoms with Gasteiger partial charge in [0, 0.05) is 20.7 Å². The summed E-state index contributed by atoms with van der Waals surface area (Å²) in [5.74, 6) is 0.370. The molecule has 0 fully saturated rings. The van der Waals surface area contributed by atoms with Crippen LogP contribution < -0.4 is 10.1 Å². The van der Waals surface area contributed by atoms with Crippen molar-refractivity contribution in [1.29, 1.82) is 0 Å². The molecule has 6 nitrogen and oxygen atoms in total. The fourth-order valence-electron chi connectivity index (χ4n) is 2.11. The Balaban J connectivity index is 1.76. The van der Waals surface area contributed by atoms with Crippen LogP contribution in [0.1, 0.15) is 15.2 Å². The highest BCUT2D eigenvalue weighted by Gasteiger charge is 2.16. The average Bonchev–Trinajstić information content (AvgIpc) is 3.07. The molecule has 2 amide bonds. The van der Waals surface area contributed by atoms with Crippen LogP contribution in [0, 0.1) is 0 Å². The molecule has 0 bridgehead atoms. The minimum atomic E-state index is -0.211. The van der Waals surface area contributed by atoms with Gasteiger partial charge in [-0.3, -0.25) is 9.59 Å². The molecule has 0 aliphatic carbocycles. The summed E-state index contributed by atoms with van der Waals surface area (Å²) in [5, 5.41) is 2.81. The van der Waals surface area contributed by atoms with Gasteiger partial charge >= 0.3 is 0 Å². The van der Waals surface area contributed by atoms with E-state index in [-0.39, 0.29) is 18.4 Å². The highest BCUT2D eigenvalue weighted by Crippen LogP contribution is 2.22. The number of rotatable bonds is 9. The second-order valence-electron chi connectivity index (χ2n) is 5.53. The van der Waals surface area contributed by atoms with Gasteiger partial charge in [-0.25, -0.2) is 0 Å². The molecule has 140 valence electrons. The molecule has 0 saturated heterocycles. The molecule has 0 aliphatic heterocycles. The quantitative estimate of drug-likeness (QED) is 0.608. The van der Waals surface area contributed by atoms with Gasteiger partial charge in [0.15, 0.2) is 0 Å². The number of methoxy groups -OCH3 is 1. The Kier molecular flexibility index (Phi) is 8.08. The number of nitrogens with zero attached hydrogens (tertiary/aromatic N) is 1. The number of hydrogen-bond acceptors (Lipinski definition) is 5. The summed E-state index contributed by atoms with van der Waals surface area (Å²) in [6.45, 7) is 1.43. The highest BCUT2D eigenvalue weighted by atomic mass is 79.9. The van der Waals surface area contributed by atoms with E-state index in [1.54, 1.807) is 20.2 Å². The Morgan fingerprint density at radius 2 is 1.88 bits per heavy atom. The predicted molar refractivity (Wildman–Crippen MR) is 105 cm³/mol. The first-order valence-corrected chi connectivity index (χ1v) is 9.58. The molecular formula is C18H21BrN2O4S. The Morgan fingerprint density at radius 1 is 1.15 bits per heavy atom. The zero-order valence-corrected chi connectivity index (χ0v) is 17.1. The van der Waals surface area contributed by atoms with Crippen LogP contribution in [0.15, 0.2) is 40.2 Å². The molecule has 1 N–H and O–H groups in total. The summed E-state index contributed by atoms with van der Waals surface area (Å²) in [4.78, 5) is 26.3. The van der Waals surface area contributed by atoms with Crippen LogP contribution >= 0.6 is 27.3 Å². The molecule has 2 rings (SSSR count). The van der Waals surface area contributed by atoms with Crippen molar-refractivity contribution in [3.05, 3.63) is 50.6 Å². The zero-order valence-electron chi connectivity index (χ0n) is 14.7. The van der Waals surface area contributed by atoms with E-state index in [0.717, 1.165) is 15.1 Å². The first kappa shape index (κ1) is 20.4. The van der Waals surface area contributed by atoms with E-state index in [4.69, 9.17) is 9.47 Å². The van der Waals surface area contributed by atoms with Crippen molar-refractivity contribution in [2.24, 2.45) is 0 Å². The monoisotopic (exact) mass is 440 g/mol. The van der Waals surface area contributed by atoms with Crippen LogP contribution in [0.4, 0.5) is 0 Å². The zero-order chi connectivity index (χ0) is 18.9. The first-order valence-electron chi connectivity index (χ1n) is 7.97. The van der Waals surface area contributed by atoms with Gasteiger partial charge < -0.3 is 19.7 Å². The van der Waals surface area contributed by atoms with Crippen LogP contribution in [0.2, 0.25) is 0 Å². The van der Waals surface area contributed by atoms with Crippen LogP contribution in [-0.2, 0) is 16.1 Å². The van der Waals surface area contributed by atoms with Gasteiger partial charge in [0.05, 0.1) is 21.8 Å². The summed E-state index contributed by atoms with van der Waals surface area (Å²) in [6, 6.07) is 11.0. The Labute approximate surface area is 165 Å². The lowest BCUT2D eigenvalue weighted by Crippen LogP contribution is -2.37. The summed E-state index contributed by atoms with van der Waals surface area (Å²) >= 11 is 4.67. The number of thiophene rings is 1. The standard InChI is InChI=1S/C18H21BrN2O4S/c1-21(18(23)15-7-8-16(19)26-15)12-17(22)20-11-13-3-5-14(6-4-13)25-10-9-24-2/h3-8H,9-12H2,1-2H3,(H,20,22). The minimum Gasteiger partial charge on any atom is -0.491 e. The van der Waals surface area contributed by atoms with Gasteiger partial charge in [-0.05, 0) is 45.8 Å². The molecule has 1 aromatic heterocycles. The van der Waals surface area contributed by atoms with E-state index in [2.05, 4.69) is 21.2 Å². The third kappa shape index (κ3) is 6.44. The lowest BCUT2D eigenvalue weighted by Gasteiger charge is -2.16. The molecule has 0 aliphatic rings. The first-order chi connectivity index (χ1) is 12.5. The predicted octanol–water partition coefficient (Wildman–Crippen LogP) is 2.92. The van der Waals surface area contributed by atoms with Gasteiger partial charge in [0.2, 0.25) is 5.91 Å². The molecule has 0 atom stereocenters. The van der Waals surface area contributed by atoms with Crippen molar-refractivity contribution < 1.29 is 19.1 Å². The summed E-state index contributed by atoms with van der Waals surface area (Å²) in [7, 11) is 3.24. The van der Waals surface area contributed by atoms with Crippen molar-refractivity contribution in [2.45, 2.75) is 6.54 Å². The van der Waals surface area contributed by atoms with E-state index < -0.39 is 0 Å². The molecular weight excluding hydrogens is 420 g/mol. The van der Waals surface area contributed by atoms with Gasteiger partial charge in [0.25, 0.3) is 5.91 Å².